The molecule has 0 spiro atoms. The summed E-state index contributed by atoms with van der Waals surface area (Å²) in [6.45, 7) is 0. The van der Waals surface area contributed by atoms with Crippen molar-refractivity contribution >= 4 is 35.8 Å². The van der Waals surface area contributed by atoms with Gasteiger partial charge in [-0.25, -0.2) is 0 Å². The van der Waals surface area contributed by atoms with Crippen molar-refractivity contribution in [3.05, 3.63) is 30.0 Å². The summed E-state index contributed by atoms with van der Waals surface area (Å²) in [6.07, 6.45) is 3.58. The third kappa shape index (κ3) is 3.76. The molecule has 0 aliphatic carbocycles. The van der Waals surface area contributed by atoms with Gasteiger partial charge in [-0.3, -0.25) is 4.79 Å². The number of amides is 1. The number of rotatable bonds is 7. The summed E-state index contributed by atoms with van der Waals surface area (Å²) in [6, 6.07) is 5.42. The minimum atomic E-state index is -1.66. The van der Waals surface area contributed by atoms with E-state index < -0.39 is 13.1 Å². The van der Waals surface area contributed by atoms with E-state index >= 15 is 0 Å². The molecular weight excluding hydrogens is 305 g/mol. The molecule has 118 valence electrons. The van der Waals surface area contributed by atoms with Crippen molar-refractivity contribution < 1.29 is 24.0 Å². The average Bonchev–Trinajstić information content (AvgIpc) is 2.90. The molecule has 0 radical (unpaired) electrons. The van der Waals surface area contributed by atoms with Crippen LogP contribution in [0.2, 0.25) is 0 Å². The first-order valence-corrected chi connectivity index (χ1v) is 8.13. The molecule has 0 aliphatic rings. The number of hydrogen-bond acceptors (Lipinski definition) is 6. The fourth-order valence-corrected chi connectivity index (χ4v) is 2.63. The Bertz CT molecular complexity index is 645. The van der Waals surface area contributed by atoms with Gasteiger partial charge in [0.25, 0.3) is 0 Å². The molecule has 0 saturated heterocycles. The molecule has 8 heteroatoms. The number of fused-ring (bicyclic) bond motifs is 1. The SMILES string of the molecule is COc1cccc2occ(C[C@H](NC(=O)CSC)B(O)O)c12. The van der Waals surface area contributed by atoms with E-state index in [-0.39, 0.29) is 18.1 Å². The van der Waals surface area contributed by atoms with E-state index in [1.54, 1.807) is 31.8 Å². The van der Waals surface area contributed by atoms with Crippen molar-refractivity contribution in [2.45, 2.75) is 12.4 Å². The van der Waals surface area contributed by atoms with Crippen LogP contribution in [0.25, 0.3) is 11.0 Å². The zero-order valence-corrected chi connectivity index (χ0v) is 13.2. The Morgan fingerprint density at radius 2 is 2.27 bits per heavy atom. The maximum atomic E-state index is 11.7. The summed E-state index contributed by atoms with van der Waals surface area (Å²) in [7, 11) is -0.102. The van der Waals surface area contributed by atoms with Gasteiger partial charge in [-0.2, -0.15) is 11.8 Å². The number of carbonyl (C=O) groups is 1. The molecule has 3 N–H and O–H groups in total. The first-order valence-electron chi connectivity index (χ1n) is 6.74. The topological polar surface area (TPSA) is 91.9 Å². The lowest BCUT2D eigenvalue weighted by atomic mass is 9.76. The van der Waals surface area contributed by atoms with Gasteiger partial charge in [0.1, 0.15) is 11.3 Å². The predicted molar refractivity (Wildman–Crippen MR) is 87.0 cm³/mol. The number of nitrogens with one attached hydrogen (secondary N) is 1. The molecule has 1 atom stereocenters. The Labute approximate surface area is 133 Å². The van der Waals surface area contributed by atoms with Crippen molar-refractivity contribution in [3.8, 4) is 5.75 Å². The molecule has 1 aromatic carbocycles. The molecule has 1 amide bonds. The Hall–Kier alpha value is -1.64. The highest BCUT2D eigenvalue weighted by Gasteiger charge is 2.27. The van der Waals surface area contributed by atoms with E-state index in [4.69, 9.17) is 9.15 Å². The fourth-order valence-electron chi connectivity index (χ4n) is 2.29. The molecule has 0 bridgehead atoms. The van der Waals surface area contributed by atoms with Crippen LogP contribution in [-0.4, -0.2) is 48.1 Å². The second kappa shape index (κ2) is 7.57. The Balaban J connectivity index is 2.25. The van der Waals surface area contributed by atoms with Crippen molar-refractivity contribution in [1.29, 1.82) is 0 Å². The van der Waals surface area contributed by atoms with Crippen LogP contribution in [0.1, 0.15) is 5.56 Å². The van der Waals surface area contributed by atoms with E-state index in [1.807, 2.05) is 6.07 Å². The zero-order valence-electron chi connectivity index (χ0n) is 12.4. The maximum Gasteiger partial charge on any atom is 0.475 e. The van der Waals surface area contributed by atoms with Crippen molar-refractivity contribution in [1.82, 2.24) is 5.32 Å². The van der Waals surface area contributed by atoms with Gasteiger partial charge in [-0.15, -0.1) is 0 Å². The molecule has 2 rings (SSSR count). The number of furan rings is 1. The highest BCUT2D eigenvalue weighted by Crippen LogP contribution is 2.31. The molecule has 0 fully saturated rings. The summed E-state index contributed by atoms with van der Waals surface area (Å²) in [5, 5.41) is 22.4. The Kier molecular flexibility index (Phi) is 5.76. The predicted octanol–water partition coefficient (Wildman–Crippen LogP) is 0.844. The summed E-state index contributed by atoms with van der Waals surface area (Å²) in [4.78, 5) is 11.7. The Morgan fingerprint density at radius 1 is 1.50 bits per heavy atom. The van der Waals surface area contributed by atoms with Crippen molar-refractivity contribution in [3.63, 3.8) is 0 Å². The molecule has 0 unspecified atom stereocenters. The zero-order chi connectivity index (χ0) is 16.1. The summed E-state index contributed by atoms with van der Waals surface area (Å²) < 4.78 is 10.8. The van der Waals surface area contributed by atoms with E-state index in [2.05, 4.69) is 5.32 Å². The van der Waals surface area contributed by atoms with Crippen LogP contribution in [0, 0.1) is 0 Å². The molecule has 0 aliphatic heterocycles. The van der Waals surface area contributed by atoms with Gasteiger partial charge in [-0.05, 0) is 24.8 Å². The summed E-state index contributed by atoms with van der Waals surface area (Å²) in [5.74, 6) is -0.155. The second-order valence-corrected chi connectivity index (χ2v) is 5.69. The smallest absolute Gasteiger partial charge is 0.475 e. The lowest BCUT2D eigenvalue weighted by Gasteiger charge is -2.17. The van der Waals surface area contributed by atoms with Crippen LogP contribution in [0.15, 0.2) is 28.9 Å². The minimum absolute atomic E-state index is 0.227. The third-order valence-corrected chi connectivity index (χ3v) is 3.83. The van der Waals surface area contributed by atoms with Gasteiger partial charge in [0.2, 0.25) is 5.91 Å². The number of carbonyl (C=O) groups excluding carboxylic acids is 1. The van der Waals surface area contributed by atoms with E-state index in [9.17, 15) is 14.8 Å². The highest BCUT2D eigenvalue weighted by atomic mass is 32.2. The van der Waals surface area contributed by atoms with Crippen LogP contribution < -0.4 is 10.1 Å². The minimum Gasteiger partial charge on any atom is -0.496 e. The summed E-state index contributed by atoms with van der Waals surface area (Å²) >= 11 is 1.37. The van der Waals surface area contributed by atoms with Gasteiger partial charge in [0.15, 0.2) is 0 Å². The lowest BCUT2D eigenvalue weighted by molar-refractivity contribution is -0.118. The van der Waals surface area contributed by atoms with E-state index in [1.165, 1.54) is 11.8 Å². The molecule has 6 nitrogen and oxygen atoms in total. The van der Waals surface area contributed by atoms with Gasteiger partial charge in [-0.1, -0.05) is 6.07 Å². The molecule has 1 aromatic heterocycles. The largest absolute Gasteiger partial charge is 0.496 e. The Morgan fingerprint density at radius 3 is 2.91 bits per heavy atom. The molecule has 1 heterocycles. The van der Waals surface area contributed by atoms with Gasteiger partial charge in [0.05, 0.1) is 30.5 Å². The second-order valence-electron chi connectivity index (χ2n) is 4.82. The van der Waals surface area contributed by atoms with Crippen LogP contribution in [0.3, 0.4) is 0 Å². The number of methoxy groups -OCH3 is 1. The van der Waals surface area contributed by atoms with Gasteiger partial charge < -0.3 is 24.5 Å². The van der Waals surface area contributed by atoms with Crippen LogP contribution in [0.5, 0.6) is 5.75 Å². The van der Waals surface area contributed by atoms with Crippen molar-refractivity contribution in [2.75, 3.05) is 19.1 Å². The monoisotopic (exact) mass is 323 g/mol. The number of ether oxygens (including phenoxy) is 1. The maximum absolute atomic E-state index is 11.7. The third-order valence-electron chi connectivity index (χ3n) is 3.28. The first kappa shape index (κ1) is 16.7. The quantitative estimate of drug-likeness (QED) is 0.654. The number of hydrogen-bond donors (Lipinski definition) is 3. The fraction of sp³-hybridized carbons (Fsp3) is 0.357. The van der Waals surface area contributed by atoms with Crippen LogP contribution in [-0.2, 0) is 11.2 Å². The molecule has 22 heavy (non-hydrogen) atoms. The van der Waals surface area contributed by atoms with Crippen molar-refractivity contribution in [2.24, 2.45) is 0 Å². The average molecular weight is 323 g/mol. The number of thioether (sulfide) groups is 1. The van der Waals surface area contributed by atoms with Crippen LogP contribution in [0.4, 0.5) is 0 Å². The molecular formula is C14H18BNO5S. The normalized spacial score (nSPS) is 12.2. The summed E-state index contributed by atoms with van der Waals surface area (Å²) in [5.41, 5.74) is 1.39. The lowest BCUT2D eigenvalue weighted by Crippen LogP contribution is -2.48. The van der Waals surface area contributed by atoms with Crippen LogP contribution >= 0.6 is 11.8 Å². The van der Waals surface area contributed by atoms with Gasteiger partial charge >= 0.3 is 7.12 Å². The molecule has 2 aromatic rings. The standard InChI is InChI=1S/C14H18BNO5S/c1-20-10-4-3-5-11-14(10)9(7-21-11)6-12(15(18)19)16-13(17)8-22-2/h3-5,7,12,18-19H,6,8H2,1-2H3,(H,16,17)/t12-/m0/s1. The first-order chi connectivity index (χ1) is 10.6. The van der Waals surface area contributed by atoms with Gasteiger partial charge in [0, 0.05) is 5.56 Å². The highest BCUT2D eigenvalue weighted by molar-refractivity contribution is 7.99. The van der Waals surface area contributed by atoms with E-state index in [0.29, 0.717) is 11.3 Å². The van der Waals surface area contributed by atoms with E-state index in [0.717, 1.165) is 10.9 Å². The molecule has 0 saturated carbocycles. The number of benzene rings is 1.